The predicted octanol–water partition coefficient (Wildman–Crippen LogP) is 5.66. The van der Waals surface area contributed by atoms with Crippen LogP contribution < -0.4 is 15.9 Å². The van der Waals surface area contributed by atoms with E-state index in [1.165, 1.54) is 27.3 Å². The van der Waals surface area contributed by atoms with Crippen molar-refractivity contribution in [3.63, 3.8) is 0 Å². The molecular weight excluding hydrogens is 489 g/mol. The van der Waals surface area contributed by atoms with Crippen molar-refractivity contribution in [1.82, 2.24) is 4.98 Å². The first kappa shape index (κ1) is 21.9. The number of nitrogens with zero attached hydrogens (tertiary/aromatic N) is 1. The van der Waals surface area contributed by atoms with Gasteiger partial charge in [-0.15, -0.1) is 0 Å². The fraction of sp³-hybridized carbons (Fsp3) is 0.120. The van der Waals surface area contributed by atoms with Gasteiger partial charge in [0, 0.05) is 0 Å². The molecule has 31 heavy (non-hydrogen) atoms. The molecule has 0 radical (unpaired) electrons. The fourth-order valence-electron chi connectivity index (χ4n) is 3.87. The summed E-state index contributed by atoms with van der Waals surface area (Å²) < 4.78 is 5.15. The summed E-state index contributed by atoms with van der Waals surface area (Å²) in [5, 5.41) is 3.24. The summed E-state index contributed by atoms with van der Waals surface area (Å²) in [7, 11) is 0. The van der Waals surface area contributed by atoms with Crippen molar-refractivity contribution in [2.24, 2.45) is 0 Å². The van der Waals surface area contributed by atoms with Crippen LogP contribution in [-0.2, 0) is 10.9 Å². The van der Waals surface area contributed by atoms with Crippen molar-refractivity contribution in [3.8, 4) is 0 Å². The number of carbonyl (C=O) groups is 1. The second-order valence-electron chi connectivity index (χ2n) is 7.19. The van der Waals surface area contributed by atoms with E-state index in [0.29, 0.717) is 18.5 Å². The molecule has 0 bridgehead atoms. The molecule has 0 amide bonds. The Kier molecular flexibility index (Phi) is 6.38. The summed E-state index contributed by atoms with van der Waals surface area (Å²) in [5.74, 6) is -0.376. The second kappa shape index (κ2) is 9.04. The number of benzene rings is 3. The monoisotopic (exact) mass is 511 g/mol. The maximum atomic E-state index is 12.2. The van der Waals surface area contributed by atoms with Crippen LogP contribution in [0, 0.1) is 0 Å². The first-order valence-electron chi connectivity index (χ1n) is 10.1. The van der Waals surface area contributed by atoms with Crippen LogP contribution >= 0.6 is 32.1 Å². The van der Waals surface area contributed by atoms with Crippen molar-refractivity contribution in [3.05, 3.63) is 107 Å². The number of halogens is 1. The molecule has 1 heterocycles. The molecule has 158 valence electrons. The second-order valence-corrected chi connectivity index (χ2v) is 17.1. The summed E-state index contributed by atoms with van der Waals surface area (Å²) in [6.07, 6.45) is 0.660. The standard InChI is InChI=1S/C25H23BrNO2PS/c1-2-29-25(28)23-19-31-24(27-23)18-30(26,20-12-6-3-7-13-20,21-14-8-4-9-15-21)22-16-10-5-11-17-22/h3-17,19H,2,18H2,1H3. The summed E-state index contributed by atoms with van der Waals surface area (Å²) in [6.45, 7) is 2.14. The van der Waals surface area contributed by atoms with Crippen LogP contribution in [0.4, 0.5) is 0 Å². The van der Waals surface area contributed by atoms with Gasteiger partial charge in [-0.25, -0.2) is 0 Å². The zero-order valence-corrected chi connectivity index (χ0v) is 20.4. The van der Waals surface area contributed by atoms with Crippen LogP contribution in [0.15, 0.2) is 96.4 Å². The van der Waals surface area contributed by atoms with Crippen molar-refractivity contribution in [2.75, 3.05) is 6.61 Å². The van der Waals surface area contributed by atoms with Crippen LogP contribution in [0.5, 0.6) is 0 Å². The summed E-state index contributed by atoms with van der Waals surface area (Å²) in [4.78, 5) is 16.9. The first-order valence-corrected chi connectivity index (χ1v) is 15.4. The van der Waals surface area contributed by atoms with Crippen LogP contribution in [-0.4, -0.2) is 17.6 Å². The zero-order chi connectivity index (χ0) is 21.8. The van der Waals surface area contributed by atoms with Gasteiger partial charge in [0.2, 0.25) is 0 Å². The molecule has 0 atom stereocenters. The molecule has 0 aliphatic heterocycles. The predicted molar refractivity (Wildman–Crippen MR) is 136 cm³/mol. The van der Waals surface area contributed by atoms with E-state index < -0.39 is 5.31 Å². The van der Waals surface area contributed by atoms with Crippen molar-refractivity contribution < 1.29 is 9.53 Å². The average molecular weight is 512 g/mol. The number of aromatic nitrogens is 1. The van der Waals surface area contributed by atoms with Gasteiger partial charge in [0.25, 0.3) is 0 Å². The Balaban J connectivity index is 1.96. The van der Waals surface area contributed by atoms with E-state index in [1.807, 2.05) is 18.2 Å². The minimum atomic E-state index is -3.11. The molecule has 0 saturated carbocycles. The van der Waals surface area contributed by atoms with Gasteiger partial charge in [-0.1, -0.05) is 0 Å². The Bertz CT molecular complexity index is 1070. The number of rotatable bonds is 7. The molecule has 4 aromatic rings. The SMILES string of the molecule is CCOC(=O)c1csc(CP(Br)(c2ccccc2)(c2ccccc2)c2ccccc2)n1. The van der Waals surface area contributed by atoms with Crippen molar-refractivity contribution in [2.45, 2.75) is 13.1 Å². The van der Waals surface area contributed by atoms with Gasteiger partial charge >= 0.3 is 195 Å². The molecule has 0 aliphatic rings. The molecule has 0 spiro atoms. The quantitative estimate of drug-likeness (QED) is 0.237. The molecule has 3 aromatic carbocycles. The Labute approximate surface area is 194 Å². The van der Waals surface area contributed by atoms with E-state index in [1.54, 1.807) is 12.3 Å². The number of esters is 1. The Hall–Kier alpha value is -2.33. The molecule has 0 saturated heterocycles. The Morgan fingerprint density at radius 2 is 1.32 bits per heavy atom. The zero-order valence-electron chi connectivity index (χ0n) is 17.1. The minimum absolute atomic E-state index is 0.335. The topological polar surface area (TPSA) is 39.2 Å². The fourth-order valence-corrected chi connectivity index (χ4v) is 13.2. The van der Waals surface area contributed by atoms with Crippen LogP contribution in [0.2, 0.25) is 0 Å². The number of thiazole rings is 1. The van der Waals surface area contributed by atoms with Crippen LogP contribution in [0.3, 0.4) is 0 Å². The number of ether oxygens (including phenoxy) is 1. The van der Waals surface area contributed by atoms with Crippen LogP contribution in [0.1, 0.15) is 22.4 Å². The molecule has 0 aliphatic carbocycles. The molecule has 0 unspecified atom stereocenters. The van der Waals surface area contributed by atoms with Gasteiger partial charge in [-0.05, 0) is 0 Å². The summed E-state index contributed by atoms with van der Waals surface area (Å²) in [5.41, 5.74) is 0.369. The van der Waals surface area contributed by atoms with Crippen molar-refractivity contribution >= 4 is 54.0 Å². The van der Waals surface area contributed by atoms with Crippen molar-refractivity contribution in [1.29, 1.82) is 0 Å². The van der Waals surface area contributed by atoms with E-state index in [2.05, 4.69) is 93.3 Å². The Morgan fingerprint density at radius 3 is 1.74 bits per heavy atom. The van der Waals surface area contributed by atoms with Gasteiger partial charge in [0.15, 0.2) is 0 Å². The molecule has 6 heteroatoms. The number of hydrogen-bond acceptors (Lipinski definition) is 4. The van der Waals surface area contributed by atoms with Gasteiger partial charge in [-0.3, -0.25) is 0 Å². The molecule has 0 fully saturated rings. The van der Waals surface area contributed by atoms with E-state index in [-0.39, 0.29) is 5.97 Å². The van der Waals surface area contributed by atoms with Gasteiger partial charge in [-0.2, -0.15) is 0 Å². The van der Waals surface area contributed by atoms with Gasteiger partial charge in [0.1, 0.15) is 0 Å². The molecular formula is C25H23BrNO2PS. The Morgan fingerprint density at radius 1 is 0.871 bits per heavy atom. The third-order valence-corrected chi connectivity index (χ3v) is 15.9. The molecule has 1 aromatic heterocycles. The van der Waals surface area contributed by atoms with E-state index in [0.717, 1.165) is 5.01 Å². The number of hydrogen-bond donors (Lipinski definition) is 0. The van der Waals surface area contributed by atoms with E-state index >= 15 is 0 Å². The van der Waals surface area contributed by atoms with E-state index in [9.17, 15) is 4.79 Å². The third kappa shape index (κ3) is 3.98. The number of carbonyl (C=O) groups excluding carboxylic acids is 1. The molecule has 3 nitrogen and oxygen atoms in total. The normalized spacial score (nSPS) is 12.6. The maximum absolute atomic E-state index is 12.2. The van der Waals surface area contributed by atoms with Gasteiger partial charge in [0.05, 0.1) is 0 Å². The molecule has 4 rings (SSSR count). The third-order valence-electron chi connectivity index (χ3n) is 5.35. The van der Waals surface area contributed by atoms with Crippen LogP contribution in [0.25, 0.3) is 0 Å². The molecule has 0 N–H and O–H groups in total. The van der Waals surface area contributed by atoms with Gasteiger partial charge < -0.3 is 0 Å². The summed E-state index contributed by atoms with van der Waals surface area (Å²) >= 11 is 5.92. The first-order chi connectivity index (χ1) is 15.1. The summed E-state index contributed by atoms with van der Waals surface area (Å²) in [6, 6.07) is 31.7. The average Bonchev–Trinajstić information content (AvgIpc) is 3.29. The van der Waals surface area contributed by atoms with E-state index in [4.69, 9.17) is 4.74 Å².